The first-order valence-corrected chi connectivity index (χ1v) is 7.38. The average molecular weight is 284 g/mol. The fraction of sp³-hybridized carbons (Fsp3) is 0.733. The van der Waals surface area contributed by atoms with Crippen LogP contribution in [0.3, 0.4) is 0 Å². The third-order valence-electron chi connectivity index (χ3n) is 2.91. The predicted octanol–water partition coefficient (Wildman–Crippen LogP) is 2.72. The van der Waals surface area contributed by atoms with E-state index in [1.54, 1.807) is 11.8 Å². The summed E-state index contributed by atoms with van der Waals surface area (Å²) in [5, 5.41) is 2.75. The van der Waals surface area contributed by atoms with Crippen molar-refractivity contribution in [3.05, 3.63) is 12.2 Å². The van der Waals surface area contributed by atoms with E-state index in [-0.39, 0.29) is 12.6 Å². The van der Waals surface area contributed by atoms with Crippen LogP contribution in [-0.4, -0.2) is 43.1 Å². The average Bonchev–Trinajstić information content (AvgIpc) is 2.43. The Kier molecular flexibility index (Phi) is 10.5. The maximum Gasteiger partial charge on any atom is 0.333 e. The summed E-state index contributed by atoms with van der Waals surface area (Å²) in [7, 11) is 0. The van der Waals surface area contributed by atoms with E-state index in [0.717, 1.165) is 19.4 Å². The summed E-state index contributed by atoms with van der Waals surface area (Å²) in [6.45, 7) is 11.2. The monoisotopic (exact) mass is 284 g/mol. The van der Waals surface area contributed by atoms with Crippen LogP contribution < -0.4 is 5.32 Å². The number of hydrogen-bond donors (Lipinski definition) is 1. The summed E-state index contributed by atoms with van der Waals surface area (Å²) in [5.74, 6) is -0.425. The fourth-order valence-electron chi connectivity index (χ4n) is 1.67. The molecule has 0 aliphatic heterocycles. The topological polar surface area (TPSA) is 58.6 Å². The van der Waals surface area contributed by atoms with Gasteiger partial charge in [-0.1, -0.05) is 32.8 Å². The number of unbranched alkanes of at least 4 members (excludes halogenated alkanes) is 3. The van der Waals surface area contributed by atoms with Gasteiger partial charge < -0.3 is 15.0 Å². The number of urea groups is 1. The van der Waals surface area contributed by atoms with E-state index in [2.05, 4.69) is 18.8 Å². The van der Waals surface area contributed by atoms with Gasteiger partial charge in [-0.05, 0) is 20.3 Å². The molecule has 0 fully saturated rings. The second kappa shape index (κ2) is 11.3. The van der Waals surface area contributed by atoms with Crippen molar-refractivity contribution in [2.75, 3.05) is 26.2 Å². The molecule has 1 N–H and O–H groups in total. The zero-order valence-corrected chi connectivity index (χ0v) is 13.0. The molecule has 0 unspecified atom stereocenters. The van der Waals surface area contributed by atoms with Crippen molar-refractivity contribution >= 4 is 12.0 Å². The van der Waals surface area contributed by atoms with Crippen molar-refractivity contribution in [2.24, 2.45) is 0 Å². The van der Waals surface area contributed by atoms with Crippen LogP contribution in [-0.2, 0) is 9.53 Å². The quantitative estimate of drug-likeness (QED) is 0.381. The van der Waals surface area contributed by atoms with Crippen LogP contribution in [0.2, 0.25) is 0 Å². The van der Waals surface area contributed by atoms with E-state index in [1.807, 2.05) is 6.92 Å². The Hall–Kier alpha value is -1.52. The molecular weight excluding hydrogens is 256 g/mol. The highest BCUT2D eigenvalue weighted by Crippen LogP contribution is 2.01. The molecule has 0 atom stereocenters. The number of esters is 1. The van der Waals surface area contributed by atoms with Crippen LogP contribution >= 0.6 is 0 Å². The Morgan fingerprint density at radius 1 is 1.20 bits per heavy atom. The first-order valence-electron chi connectivity index (χ1n) is 7.38. The van der Waals surface area contributed by atoms with Gasteiger partial charge in [0.25, 0.3) is 0 Å². The lowest BCUT2D eigenvalue weighted by atomic mass is 10.2. The summed E-state index contributed by atoms with van der Waals surface area (Å²) in [4.78, 5) is 24.8. The van der Waals surface area contributed by atoms with Gasteiger partial charge in [-0.15, -0.1) is 0 Å². The Bertz CT molecular complexity index is 316. The molecular formula is C15H28N2O3. The van der Waals surface area contributed by atoms with Crippen LogP contribution in [0.4, 0.5) is 4.79 Å². The number of amides is 2. The molecule has 0 aromatic carbocycles. The molecule has 0 aromatic rings. The van der Waals surface area contributed by atoms with Crippen molar-refractivity contribution in [2.45, 2.75) is 46.5 Å². The summed E-state index contributed by atoms with van der Waals surface area (Å²) < 4.78 is 4.91. The van der Waals surface area contributed by atoms with Gasteiger partial charge in [0, 0.05) is 18.7 Å². The van der Waals surface area contributed by atoms with E-state index >= 15 is 0 Å². The molecule has 0 aliphatic carbocycles. The molecule has 2 amide bonds. The van der Waals surface area contributed by atoms with Crippen molar-refractivity contribution in [1.82, 2.24) is 10.2 Å². The zero-order valence-electron chi connectivity index (χ0n) is 13.0. The first-order chi connectivity index (χ1) is 9.52. The van der Waals surface area contributed by atoms with E-state index in [4.69, 9.17) is 4.74 Å². The van der Waals surface area contributed by atoms with E-state index < -0.39 is 5.97 Å². The molecule has 20 heavy (non-hydrogen) atoms. The van der Waals surface area contributed by atoms with Gasteiger partial charge in [0.15, 0.2) is 0 Å². The molecule has 0 saturated carbocycles. The number of carbonyl (C=O) groups is 2. The summed E-state index contributed by atoms with van der Waals surface area (Å²) in [6.07, 6.45) is 4.57. The summed E-state index contributed by atoms with van der Waals surface area (Å²) in [5.41, 5.74) is 0.363. The van der Waals surface area contributed by atoms with Gasteiger partial charge in [-0.25, -0.2) is 9.59 Å². The lowest BCUT2D eigenvalue weighted by molar-refractivity contribution is -0.138. The Balaban J connectivity index is 3.80. The van der Waals surface area contributed by atoms with Crippen LogP contribution in [0.25, 0.3) is 0 Å². The first kappa shape index (κ1) is 18.5. The maximum atomic E-state index is 11.9. The molecule has 0 radical (unpaired) electrons. The Morgan fingerprint density at radius 2 is 1.90 bits per heavy atom. The van der Waals surface area contributed by atoms with E-state index in [9.17, 15) is 9.59 Å². The Morgan fingerprint density at radius 3 is 2.45 bits per heavy atom. The molecule has 0 rings (SSSR count). The van der Waals surface area contributed by atoms with Gasteiger partial charge in [-0.2, -0.15) is 0 Å². The molecule has 0 bridgehead atoms. The van der Waals surface area contributed by atoms with Gasteiger partial charge in [0.05, 0.1) is 6.54 Å². The summed E-state index contributed by atoms with van der Waals surface area (Å²) in [6, 6.07) is -0.102. The highest BCUT2D eigenvalue weighted by atomic mass is 16.5. The molecule has 116 valence electrons. The number of nitrogens with zero attached hydrogens (tertiary/aromatic N) is 1. The largest absolute Gasteiger partial charge is 0.460 e. The normalized spacial score (nSPS) is 9.95. The lowest BCUT2D eigenvalue weighted by Gasteiger charge is -2.21. The highest BCUT2D eigenvalue weighted by Gasteiger charge is 2.10. The number of carbonyl (C=O) groups excluding carboxylic acids is 2. The van der Waals surface area contributed by atoms with Crippen LogP contribution in [0.5, 0.6) is 0 Å². The SMILES string of the molecule is C=C(C)C(=O)OCCNC(=O)N(CC)CCCCCC. The smallest absolute Gasteiger partial charge is 0.333 e. The van der Waals surface area contributed by atoms with Crippen LogP contribution in [0.15, 0.2) is 12.2 Å². The summed E-state index contributed by atoms with van der Waals surface area (Å²) >= 11 is 0. The minimum absolute atomic E-state index is 0.102. The third-order valence-corrected chi connectivity index (χ3v) is 2.91. The van der Waals surface area contributed by atoms with Crippen molar-refractivity contribution in [3.8, 4) is 0 Å². The van der Waals surface area contributed by atoms with Crippen LogP contribution in [0.1, 0.15) is 46.5 Å². The van der Waals surface area contributed by atoms with Gasteiger partial charge in [0.2, 0.25) is 0 Å². The standard InChI is InChI=1S/C15H28N2O3/c1-5-7-8-9-11-17(6-2)15(19)16-10-12-20-14(18)13(3)4/h3,5-12H2,1-2,4H3,(H,16,19). The fourth-order valence-corrected chi connectivity index (χ4v) is 1.67. The zero-order chi connectivity index (χ0) is 15.4. The molecule has 5 heteroatoms. The van der Waals surface area contributed by atoms with Gasteiger partial charge in [0.1, 0.15) is 6.61 Å². The molecule has 0 aliphatic rings. The minimum atomic E-state index is -0.425. The van der Waals surface area contributed by atoms with Crippen LogP contribution in [0, 0.1) is 0 Å². The van der Waals surface area contributed by atoms with Gasteiger partial charge >= 0.3 is 12.0 Å². The van der Waals surface area contributed by atoms with E-state index in [1.165, 1.54) is 12.8 Å². The molecule has 5 nitrogen and oxygen atoms in total. The molecule has 0 saturated heterocycles. The molecule has 0 heterocycles. The second-order valence-electron chi connectivity index (χ2n) is 4.79. The lowest BCUT2D eigenvalue weighted by Crippen LogP contribution is -2.41. The van der Waals surface area contributed by atoms with E-state index in [0.29, 0.717) is 18.7 Å². The molecule has 0 aromatic heterocycles. The minimum Gasteiger partial charge on any atom is -0.460 e. The third kappa shape index (κ3) is 8.56. The second-order valence-corrected chi connectivity index (χ2v) is 4.79. The number of hydrogen-bond acceptors (Lipinski definition) is 3. The number of nitrogens with one attached hydrogen (secondary N) is 1. The Labute approximate surface area is 122 Å². The van der Waals surface area contributed by atoms with Crippen molar-refractivity contribution in [1.29, 1.82) is 0 Å². The maximum absolute atomic E-state index is 11.9. The predicted molar refractivity (Wildman–Crippen MR) is 80.6 cm³/mol. The van der Waals surface area contributed by atoms with Gasteiger partial charge in [-0.3, -0.25) is 0 Å². The van der Waals surface area contributed by atoms with Crippen molar-refractivity contribution < 1.29 is 14.3 Å². The highest BCUT2D eigenvalue weighted by molar-refractivity contribution is 5.86. The number of ether oxygens (including phenoxy) is 1. The molecule has 0 spiro atoms. The van der Waals surface area contributed by atoms with Crippen molar-refractivity contribution in [3.63, 3.8) is 0 Å². The number of rotatable bonds is 10.